The maximum atomic E-state index is 11.2. The van der Waals surface area contributed by atoms with E-state index in [0.717, 1.165) is 25.7 Å². The Morgan fingerprint density at radius 1 is 0.722 bits per heavy atom. The monoisotopic (exact) mass is 260 g/mol. The smallest absolute Gasteiger partial charge is 0.220 e. The van der Waals surface area contributed by atoms with Gasteiger partial charge in [0.05, 0.1) is 13.2 Å². The van der Waals surface area contributed by atoms with Gasteiger partial charge in [0.1, 0.15) is 0 Å². The highest BCUT2D eigenvalue weighted by molar-refractivity contribution is 5.76. The minimum Gasteiger partial charge on any atom is -0.395 e. The van der Waals surface area contributed by atoms with Crippen LogP contribution in [0.5, 0.6) is 0 Å². The predicted octanol–water partition coefficient (Wildman–Crippen LogP) is -0.456. The van der Waals surface area contributed by atoms with Crippen LogP contribution in [0.1, 0.15) is 38.5 Å². The predicted molar refractivity (Wildman–Crippen MR) is 67.9 cm³/mol. The van der Waals surface area contributed by atoms with E-state index in [1.807, 2.05) is 0 Å². The number of unbranched alkanes of at least 4 members (excludes halogenated alkanes) is 3. The second-order valence-corrected chi connectivity index (χ2v) is 4.06. The first-order valence-electron chi connectivity index (χ1n) is 6.45. The van der Waals surface area contributed by atoms with Gasteiger partial charge in [-0.3, -0.25) is 9.59 Å². The van der Waals surface area contributed by atoms with Gasteiger partial charge >= 0.3 is 0 Å². The molecule has 0 aromatic rings. The van der Waals surface area contributed by atoms with Crippen LogP contribution in [0.4, 0.5) is 0 Å². The Kier molecular flexibility index (Phi) is 11.5. The van der Waals surface area contributed by atoms with Crippen molar-refractivity contribution in [2.75, 3.05) is 26.3 Å². The van der Waals surface area contributed by atoms with Crippen LogP contribution in [-0.2, 0) is 9.59 Å². The van der Waals surface area contributed by atoms with Crippen molar-refractivity contribution in [1.82, 2.24) is 10.6 Å². The van der Waals surface area contributed by atoms with Crippen molar-refractivity contribution >= 4 is 11.8 Å². The summed E-state index contributed by atoms with van der Waals surface area (Å²) in [6.45, 7) is 0.553. The maximum absolute atomic E-state index is 11.2. The van der Waals surface area contributed by atoms with Crippen LogP contribution in [0, 0.1) is 0 Å². The van der Waals surface area contributed by atoms with Gasteiger partial charge in [0.15, 0.2) is 0 Å². The first-order chi connectivity index (χ1) is 8.70. The molecule has 0 atom stereocenters. The van der Waals surface area contributed by atoms with Gasteiger partial charge in [-0.15, -0.1) is 0 Å². The van der Waals surface area contributed by atoms with Crippen molar-refractivity contribution < 1.29 is 19.8 Å². The van der Waals surface area contributed by atoms with E-state index in [2.05, 4.69) is 10.6 Å². The molecule has 0 radical (unpaired) electrons. The molecule has 0 heterocycles. The molecule has 0 spiro atoms. The summed E-state index contributed by atoms with van der Waals surface area (Å²) in [4.78, 5) is 22.3. The first-order valence-corrected chi connectivity index (χ1v) is 6.45. The summed E-state index contributed by atoms with van der Waals surface area (Å²) < 4.78 is 0. The van der Waals surface area contributed by atoms with Crippen molar-refractivity contribution in [2.24, 2.45) is 0 Å². The Balaban J connectivity index is 3.25. The summed E-state index contributed by atoms with van der Waals surface area (Å²) in [7, 11) is 0. The third kappa shape index (κ3) is 11.3. The van der Waals surface area contributed by atoms with Gasteiger partial charge in [0, 0.05) is 25.9 Å². The molecule has 0 saturated heterocycles. The number of hydrogen-bond acceptors (Lipinski definition) is 4. The fourth-order valence-electron chi connectivity index (χ4n) is 1.49. The van der Waals surface area contributed by atoms with Gasteiger partial charge in [-0.1, -0.05) is 12.8 Å². The molecular formula is C12H24N2O4. The van der Waals surface area contributed by atoms with Crippen molar-refractivity contribution in [2.45, 2.75) is 38.5 Å². The van der Waals surface area contributed by atoms with Crippen molar-refractivity contribution in [3.8, 4) is 0 Å². The zero-order valence-corrected chi connectivity index (χ0v) is 10.8. The zero-order valence-electron chi connectivity index (χ0n) is 10.8. The number of carbonyl (C=O) groups excluding carboxylic acids is 2. The minimum atomic E-state index is -0.0373. The largest absolute Gasteiger partial charge is 0.395 e. The minimum absolute atomic E-state index is 0.0330. The quantitative estimate of drug-likeness (QED) is 0.378. The van der Waals surface area contributed by atoms with E-state index < -0.39 is 0 Å². The second kappa shape index (κ2) is 12.3. The molecule has 0 aliphatic rings. The van der Waals surface area contributed by atoms with Gasteiger partial charge in [0.25, 0.3) is 0 Å². The molecule has 0 rings (SSSR count). The highest BCUT2D eigenvalue weighted by atomic mass is 16.3. The summed E-state index contributed by atoms with van der Waals surface area (Å²) in [5.74, 6) is -0.0746. The Labute approximate surface area is 108 Å². The number of nitrogens with one attached hydrogen (secondary N) is 2. The van der Waals surface area contributed by atoms with Crippen molar-refractivity contribution in [1.29, 1.82) is 0 Å². The average molecular weight is 260 g/mol. The summed E-state index contributed by atoms with van der Waals surface area (Å²) >= 11 is 0. The molecule has 0 bridgehead atoms. The molecule has 106 valence electrons. The summed E-state index contributed by atoms with van der Waals surface area (Å²) in [6.07, 6.45) is 4.37. The molecule has 0 aromatic heterocycles. The number of carbonyl (C=O) groups is 2. The van der Waals surface area contributed by atoms with E-state index in [1.165, 1.54) is 0 Å². The third-order valence-electron chi connectivity index (χ3n) is 2.43. The van der Waals surface area contributed by atoms with Crippen LogP contribution in [-0.4, -0.2) is 48.3 Å². The number of aliphatic hydroxyl groups excluding tert-OH is 2. The number of aliphatic hydroxyl groups is 2. The van der Waals surface area contributed by atoms with E-state index in [0.29, 0.717) is 25.9 Å². The standard InChI is InChI=1S/C12H24N2O4/c15-9-7-13-11(17)5-3-1-2-4-6-12(18)14-8-10-16/h15-16H,1-10H2,(H,13,17)(H,14,18). The number of hydrogen-bond donors (Lipinski definition) is 4. The first kappa shape index (κ1) is 16.9. The normalized spacial score (nSPS) is 10.1. The third-order valence-corrected chi connectivity index (χ3v) is 2.43. The van der Waals surface area contributed by atoms with Crippen LogP contribution >= 0.6 is 0 Å². The Morgan fingerprint density at radius 3 is 1.44 bits per heavy atom. The van der Waals surface area contributed by atoms with Crippen molar-refractivity contribution in [3.63, 3.8) is 0 Å². The lowest BCUT2D eigenvalue weighted by atomic mass is 10.1. The van der Waals surface area contributed by atoms with Gasteiger partial charge in [-0.05, 0) is 12.8 Å². The Morgan fingerprint density at radius 2 is 1.11 bits per heavy atom. The van der Waals surface area contributed by atoms with Gasteiger partial charge in [-0.2, -0.15) is 0 Å². The fraction of sp³-hybridized carbons (Fsp3) is 0.833. The molecule has 0 aliphatic carbocycles. The van der Waals surface area contributed by atoms with E-state index in [9.17, 15) is 9.59 Å². The molecule has 0 aliphatic heterocycles. The summed E-state index contributed by atoms with van der Waals surface area (Å²) in [5, 5.41) is 22.2. The molecule has 4 N–H and O–H groups in total. The van der Waals surface area contributed by atoms with E-state index in [4.69, 9.17) is 10.2 Å². The SMILES string of the molecule is O=C(CCCCCCC(=O)NCCO)NCCO. The molecule has 0 fully saturated rings. The highest BCUT2D eigenvalue weighted by Gasteiger charge is 2.01. The molecule has 0 saturated carbocycles. The lowest BCUT2D eigenvalue weighted by molar-refractivity contribution is -0.122. The van der Waals surface area contributed by atoms with E-state index in [-0.39, 0.29) is 25.0 Å². The lowest BCUT2D eigenvalue weighted by Crippen LogP contribution is -2.26. The molecule has 0 unspecified atom stereocenters. The molecular weight excluding hydrogens is 236 g/mol. The number of amides is 2. The van der Waals surface area contributed by atoms with Crippen LogP contribution in [0.25, 0.3) is 0 Å². The average Bonchev–Trinajstić information content (AvgIpc) is 2.37. The van der Waals surface area contributed by atoms with Gasteiger partial charge in [0.2, 0.25) is 11.8 Å². The maximum Gasteiger partial charge on any atom is 0.220 e. The van der Waals surface area contributed by atoms with Crippen LogP contribution in [0.2, 0.25) is 0 Å². The molecule has 6 nitrogen and oxygen atoms in total. The van der Waals surface area contributed by atoms with E-state index in [1.54, 1.807) is 0 Å². The Bertz CT molecular complexity index is 210. The summed E-state index contributed by atoms with van der Waals surface area (Å²) in [6, 6.07) is 0. The highest BCUT2D eigenvalue weighted by Crippen LogP contribution is 2.05. The molecule has 0 aromatic carbocycles. The van der Waals surface area contributed by atoms with Crippen LogP contribution in [0.3, 0.4) is 0 Å². The van der Waals surface area contributed by atoms with Crippen LogP contribution < -0.4 is 10.6 Å². The van der Waals surface area contributed by atoms with E-state index >= 15 is 0 Å². The molecule has 6 heteroatoms. The molecule has 18 heavy (non-hydrogen) atoms. The lowest BCUT2D eigenvalue weighted by Gasteiger charge is -2.04. The number of rotatable bonds is 11. The Hall–Kier alpha value is -1.14. The topological polar surface area (TPSA) is 98.7 Å². The second-order valence-electron chi connectivity index (χ2n) is 4.06. The van der Waals surface area contributed by atoms with Crippen LogP contribution in [0.15, 0.2) is 0 Å². The fourth-order valence-corrected chi connectivity index (χ4v) is 1.49. The van der Waals surface area contributed by atoms with Gasteiger partial charge in [-0.25, -0.2) is 0 Å². The zero-order chi connectivity index (χ0) is 13.6. The van der Waals surface area contributed by atoms with Gasteiger partial charge < -0.3 is 20.8 Å². The molecule has 2 amide bonds. The summed E-state index contributed by atoms with van der Waals surface area (Å²) in [5.41, 5.74) is 0. The van der Waals surface area contributed by atoms with Crippen molar-refractivity contribution in [3.05, 3.63) is 0 Å².